The van der Waals surface area contributed by atoms with Crippen molar-refractivity contribution in [1.29, 1.82) is 0 Å². The Balaban J connectivity index is 1.93. The summed E-state index contributed by atoms with van der Waals surface area (Å²) in [6.07, 6.45) is 1.59. The van der Waals surface area contributed by atoms with Crippen molar-refractivity contribution in [1.82, 2.24) is 20.2 Å². The van der Waals surface area contributed by atoms with Crippen molar-refractivity contribution in [3.05, 3.63) is 53.7 Å². The van der Waals surface area contributed by atoms with Gasteiger partial charge in [-0.1, -0.05) is 26.0 Å². The van der Waals surface area contributed by atoms with E-state index < -0.39 is 0 Å². The molecule has 0 atom stereocenters. The van der Waals surface area contributed by atoms with Crippen LogP contribution in [0, 0.1) is 0 Å². The maximum atomic E-state index is 12.7. The van der Waals surface area contributed by atoms with Gasteiger partial charge in [0.1, 0.15) is 17.3 Å². The number of methoxy groups -OCH3 is 2. The minimum absolute atomic E-state index is 0.126. The number of aromatic amines is 1. The lowest BCUT2D eigenvalue weighted by Gasteiger charge is -2.09. The SMILES string of the molecule is COCc1[nH]nc(NC(=O)c2ccnc(C(C)C)n2)c1-c1ccc(OC)cc1. The molecule has 2 N–H and O–H groups in total. The van der Waals surface area contributed by atoms with Crippen LogP contribution in [0.15, 0.2) is 36.5 Å². The maximum absolute atomic E-state index is 12.7. The molecule has 0 aliphatic carbocycles. The number of nitrogens with zero attached hydrogens (tertiary/aromatic N) is 3. The van der Waals surface area contributed by atoms with Gasteiger partial charge in [-0.2, -0.15) is 5.10 Å². The minimum Gasteiger partial charge on any atom is -0.497 e. The van der Waals surface area contributed by atoms with Crippen LogP contribution in [0.2, 0.25) is 0 Å². The Morgan fingerprint density at radius 3 is 2.57 bits per heavy atom. The molecular formula is C20H23N5O3. The quantitative estimate of drug-likeness (QED) is 0.650. The summed E-state index contributed by atoms with van der Waals surface area (Å²) in [5.74, 6) is 1.54. The molecule has 146 valence electrons. The first-order valence-electron chi connectivity index (χ1n) is 8.88. The van der Waals surface area contributed by atoms with E-state index in [4.69, 9.17) is 9.47 Å². The largest absolute Gasteiger partial charge is 0.497 e. The fourth-order valence-corrected chi connectivity index (χ4v) is 2.74. The number of H-pyrrole nitrogens is 1. The summed E-state index contributed by atoms with van der Waals surface area (Å²) in [6.45, 7) is 4.28. The zero-order chi connectivity index (χ0) is 20.1. The van der Waals surface area contributed by atoms with Gasteiger partial charge in [-0.3, -0.25) is 9.89 Å². The number of hydrogen-bond donors (Lipinski definition) is 2. The number of amides is 1. The number of anilines is 1. The van der Waals surface area contributed by atoms with Crippen LogP contribution in [0.3, 0.4) is 0 Å². The number of nitrogens with one attached hydrogen (secondary N) is 2. The lowest BCUT2D eigenvalue weighted by atomic mass is 10.1. The molecule has 2 aromatic heterocycles. The summed E-state index contributed by atoms with van der Waals surface area (Å²) in [7, 11) is 3.22. The lowest BCUT2D eigenvalue weighted by Crippen LogP contribution is -2.16. The summed E-state index contributed by atoms with van der Waals surface area (Å²) in [6, 6.07) is 9.09. The van der Waals surface area contributed by atoms with E-state index >= 15 is 0 Å². The molecule has 3 aromatic rings. The minimum atomic E-state index is -0.352. The molecule has 8 heteroatoms. The Bertz CT molecular complexity index is 951. The highest BCUT2D eigenvalue weighted by Crippen LogP contribution is 2.31. The van der Waals surface area contributed by atoms with Gasteiger partial charge >= 0.3 is 0 Å². The highest BCUT2D eigenvalue weighted by atomic mass is 16.5. The molecule has 0 aliphatic rings. The van der Waals surface area contributed by atoms with Crippen LogP contribution in [0.4, 0.5) is 5.82 Å². The molecule has 0 bridgehead atoms. The number of aromatic nitrogens is 4. The molecule has 0 unspecified atom stereocenters. The monoisotopic (exact) mass is 381 g/mol. The van der Waals surface area contributed by atoms with Crippen molar-refractivity contribution in [3.63, 3.8) is 0 Å². The van der Waals surface area contributed by atoms with E-state index in [9.17, 15) is 4.79 Å². The van der Waals surface area contributed by atoms with Crippen molar-refractivity contribution < 1.29 is 14.3 Å². The Morgan fingerprint density at radius 1 is 1.18 bits per heavy atom. The Morgan fingerprint density at radius 2 is 1.93 bits per heavy atom. The summed E-state index contributed by atoms with van der Waals surface area (Å²) in [5.41, 5.74) is 2.68. The number of benzene rings is 1. The Hall–Kier alpha value is -3.26. The fourth-order valence-electron chi connectivity index (χ4n) is 2.74. The van der Waals surface area contributed by atoms with Crippen molar-refractivity contribution in [2.24, 2.45) is 0 Å². The zero-order valence-corrected chi connectivity index (χ0v) is 16.3. The second-order valence-corrected chi connectivity index (χ2v) is 6.50. The van der Waals surface area contributed by atoms with Crippen molar-refractivity contribution in [2.45, 2.75) is 26.4 Å². The highest BCUT2D eigenvalue weighted by molar-refractivity contribution is 6.04. The fraction of sp³-hybridized carbons (Fsp3) is 0.300. The lowest BCUT2D eigenvalue weighted by molar-refractivity contribution is 0.102. The van der Waals surface area contributed by atoms with E-state index in [1.807, 2.05) is 38.1 Å². The van der Waals surface area contributed by atoms with Gasteiger partial charge in [-0.25, -0.2) is 9.97 Å². The number of carbonyl (C=O) groups excluding carboxylic acids is 1. The Kier molecular flexibility index (Phi) is 6.00. The molecule has 0 aliphatic heterocycles. The Labute approximate surface area is 163 Å². The van der Waals surface area contributed by atoms with Gasteiger partial charge < -0.3 is 14.8 Å². The summed E-state index contributed by atoms with van der Waals surface area (Å²) in [4.78, 5) is 21.3. The third kappa shape index (κ3) is 4.17. The van der Waals surface area contributed by atoms with Crippen molar-refractivity contribution in [3.8, 4) is 16.9 Å². The van der Waals surface area contributed by atoms with Gasteiger partial charge in [0.2, 0.25) is 0 Å². The van der Waals surface area contributed by atoms with E-state index in [1.165, 1.54) is 0 Å². The molecule has 3 rings (SSSR count). The molecule has 2 heterocycles. The van der Waals surface area contributed by atoms with E-state index in [0.717, 1.165) is 22.6 Å². The van der Waals surface area contributed by atoms with Crippen molar-refractivity contribution in [2.75, 3.05) is 19.5 Å². The van der Waals surface area contributed by atoms with Gasteiger partial charge in [-0.05, 0) is 23.8 Å². The van der Waals surface area contributed by atoms with E-state index in [-0.39, 0.29) is 17.5 Å². The predicted octanol–water partition coefficient (Wildman–Crippen LogP) is 3.40. The molecule has 0 saturated carbocycles. The molecule has 0 fully saturated rings. The molecule has 1 aromatic carbocycles. The van der Waals surface area contributed by atoms with Crippen LogP contribution >= 0.6 is 0 Å². The van der Waals surface area contributed by atoms with Crippen LogP contribution in [-0.2, 0) is 11.3 Å². The topological polar surface area (TPSA) is 102 Å². The smallest absolute Gasteiger partial charge is 0.275 e. The number of hydrogen-bond acceptors (Lipinski definition) is 6. The third-order valence-electron chi connectivity index (χ3n) is 4.16. The van der Waals surface area contributed by atoms with E-state index in [0.29, 0.717) is 18.2 Å². The first kappa shape index (κ1) is 19.5. The number of rotatable bonds is 7. The average molecular weight is 381 g/mol. The number of carbonyl (C=O) groups is 1. The second kappa shape index (κ2) is 8.62. The molecule has 1 amide bonds. The average Bonchev–Trinajstić information content (AvgIpc) is 3.10. The first-order valence-corrected chi connectivity index (χ1v) is 8.88. The third-order valence-corrected chi connectivity index (χ3v) is 4.16. The van der Waals surface area contributed by atoms with Gasteiger partial charge in [0.05, 0.1) is 19.4 Å². The summed E-state index contributed by atoms with van der Waals surface area (Å²) >= 11 is 0. The normalized spacial score (nSPS) is 10.9. The molecular weight excluding hydrogens is 358 g/mol. The first-order chi connectivity index (χ1) is 13.5. The molecule has 8 nitrogen and oxygen atoms in total. The van der Waals surface area contributed by atoms with Crippen LogP contribution in [0.25, 0.3) is 11.1 Å². The molecule has 0 saturated heterocycles. The van der Waals surface area contributed by atoms with Gasteiger partial charge in [0.15, 0.2) is 5.82 Å². The van der Waals surface area contributed by atoms with E-state index in [2.05, 4.69) is 25.5 Å². The van der Waals surface area contributed by atoms with E-state index in [1.54, 1.807) is 26.5 Å². The predicted molar refractivity (Wildman–Crippen MR) is 105 cm³/mol. The maximum Gasteiger partial charge on any atom is 0.275 e. The van der Waals surface area contributed by atoms with Crippen molar-refractivity contribution >= 4 is 11.7 Å². The van der Waals surface area contributed by atoms with Crippen LogP contribution in [-0.4, -0.2) is 40.3 Å². The highest BCUT2D eigenvalue weighted by Gasteiger charge is 2.19. The molecule has 28 heavy (non-hydrogen) atoms. The number of ether oxygens (including phenoxy) is 2. The van der Waals surface area contributed by atoms with Gasteiger partial charge in [-0.15, -0.1) is 0 Å². The second-order valence-electron chi connectivity index (χ2n) is 6.50. The molecule has 0 spiro atoms. The van der Waals surface area contributed by atoms with Crippen LogP contribution < -0.4 is 10.1 Å². The zero-order valence-electron chi connectivity index (χ0n) is 16.3. The van der Waals surface area contributed by atoms with Crippen LogP contribution in [0.5, 0.6) is 5.75 Å². The van der Waals surface area contributed by atoms with Crippen LogP contribution in [0.1, 0.15) is 41.8 Å². The molecule has 0 radical (unpaired) electrons. The summed E-state index contributed by atoms with van der Waals surface area (Å²) in [5, 5.41) is 10.0. The summed E-state index contributed by atoms with van der Waals surface area (Å²) < 4.78 is 10.5. The van der Waals surface area contributed by atoms with Gasteiger partial charge in [0, 0.05) is 24.8 Å². The van der Waals surface area contributed by atoms with Gasteiger partial charge in [0.25, 0.3) is 5.91 Å². The standard InChI is InChI=1S/C20H23N5O3/c1-12(2)18-21-10-9-15(22-18)20(26)23-19-17(16(11-27-3)24-25-19)13-5-7-14(28-4)8-6-13/h5-10,12H,11H2,1-4H3,(H2,23,24,25,26).